The van der Waals surface area contributed by atoms with E-state index in [4.69, 9.17) is 16.3 Å². The van der Waals surface area contributed by atoms with Crippen molar-refractivity contribution in [1.82, 2.24) is 4.98 Å². The van der Waals surface area contributed by atoms with Gasteiger partial charge in [-0.25, -0.2) is 4.98 Å². The van der Waals surface area contributed by atoms with E-state index in [-0.39, 0.29) is 23.8 Å². The number of aryl methyl sites for hydroxylation is 1. The summed E-state index contributed by atoms with van der Waals surface area (Å²) >= 11 is 5.84. The maximum atomic E-state index is 11.5. The first-order chi connectivity index (χ1) is 7.49. The van der Waals surface area contributed by atoms with Gasteiger partial charge in [0.15, 0.2) is 5.15 Å². The molecule has 88 valence electrons. The number of rotatable bonds is 4. The van der Waals surface area contributed by atoms with Crippen molar-refractivity contribution < 1.29 is 9.53 Å². The smallest absolute Gasteiger partial charge is 0.250 e. The number of halogens is 1. The van der Waals surface area contributed by atoms with E-state index in [1.807, 2.05) is 20.8 Å². The molecule has 0 saturated carbocycles. The molecule has 0 saturated heterocycles. The van der Waals surface area contributed by atoms with Crippen molar-refractivity contribution in [2.24, 2.45) is 0 Å². The second-order valence-electron chi connectivity index (χ2n) is 3.76. The summed E-state index contributed by atoms with van der Waals surface area (Å²) < 4.78 is 5.17. The number of ether oxygens (including phenoxy) is 1. The number of carbonyl (C=O) groups excluding carboxylic acids is 1. The fraction of sp³-hybridized carbons (Fsp3) is 0.455. The second kappa shape index (κ2) is 5.82. The highest BCUT2D eigenvalue weighted by atomic mass is 35.5. The normalized spacial score (nSPS) is 10.6. The van der Waals surface area contributed by atoms with Crippen molar-refractivity contribution in [3.63, 3.8) is 0 Å². The van der Waals surface area contributed by atoms with Gasteiger partial charge in [-0.2, -0.15) is 0 Å². The molecule has 1 heterocycles. The van der Waals surface area contributed by atoms with E-state index in [2.05, 4.69) is 10.3 Å². The molecule has 1 aromatic heterocycles. The Bertz CT molecular complexity index is 380. The first-order valence-electron chi connectivity index (χ1n) is 5.02. The van der Waals surface area contributed by atoms with Gasteiger partial charge in [-0.05, 0) is 32.4 Å². The minimum absolute atomic E-state index is 0.0158. The molecule has 0 unspecified atom stereocenters. The summed E-state index contributed by atoms with van der Waals surface area (Å²) in [7, 11) is 0. The van der Waals surface area contributed by atoms with Gasteiger partial charge in [0, 0.05) is 6.20 Å². The molecule has 1 rings (SSSR count). The number of anilines is 1. The summed E-state index contributed by atoms with van der Waals surface area (Å²) in [5.74, 6) is -0.233. The largest absolute Gasteiger partial charge is 0.369 e. The molecule has 16 heavy (non-hydrogen) atoms. The summed E-state index contributed by atoms with van der Waals surface area (Å²) in [4.78, 5) is 15.4. The SMILES string of the molecule is Cc1cnc(Cl)c(NC(=O)COC(C)C)c1. The number of aromatic nitrogens is 1. The van der Waals surface area contributed by atoms with Crippen LogP contribution in [0.3, 0.4) is 0 Å². The average Bonchev–Trinajstić information content (AvgIpc) is 2.20. The molecule has 0 aliphatic rings. The van der Waals surface area contributed by atoms with Crippen molar-refractivity contribution in [1.29, 1.82) is 0 Å². The Balaban J connectivity index is 2.59. The molecule has 0 spiro atoms. The number of pyridine rings is 1. The molecule has 1 aromatic rings. The summed E-state index contributed by atoms with van der Waals surface area (Å²) in [6.45, 7) is 5.63. The van der Waals surface area contributed by atoms with Crippen LogP contribution >= 0.6 is 11.6 Å². The highest BCUT2D eigenvalue weighted by Crippen LogP contribution is 2.19. The van der Waals surface area contributed by atoms with Crippen LogP contribution in [-0.2, 0) is 9.53 Å². The van der Waals surface area contributed by atoms with Gasteiger partial charge in [0.1, 0.15) is 6.61 Å². The Morgan fingerprint density at radius 1 is 1.62 bits per heavy atom. The third-order valence-corrected chi connectivity index (χ3v) is 2.10. The zero-order valence-electron chi connectivity index (χ0n) is 9.58. The van der Waals surface area contributed by atoms with E-state index >= 15 is 0 Å². The van der Waals surface area contributed by atoms with E-state index in [0.717, 1.165) is 5.56 Å². The number of nitrogens with zero attached hydrogens (tertiary/aromatic N) is 1. The lowest BCUT2D eigenvalue weighted by Gasteiger charge is -2.09. The minimum atomic E-state index is -0.233. The van der Waals surface area contributed by atoms with Gasteiger partial charge in [-0.1, -0.05) is 11.6 Å². The van der Waals surface area contributed by atoms with Crippen LogP contribution in [-0.4, -0.2) is 23.6 Å². The molecular weight excluding hydrogens is 228 g/mol. The standard InChI is InChI=1S/C11H15ClN2O2/c1-7(2)16-6-10(15)14-9-4-8(3)5-13-11(9)12/h4-5,7H,6H2,1-3H3,(H,14,15). The molecule has 4 nitrogen and oxygen atoms in total. The van der Waals surface area contributed by atoms with Gasteiger partial charge in [0.25, 0.3) is 0 Å². The lowest BCUT2D eigenvalue weighted by molar-refractivity contribution is -0.121. The molecular formula is C11H15ClN2O2. The molecule has 0 radical (unpaired) electrons. The average molecular weight is 243 g/mol. The Kier molecular flexibility index (Phi) is 4.71. The molecule has 0 atom stereocenters. The topological polar surface area (TPSA) is 51.2 Å². The third-order valence-electron chi connectivity index (χ3n) is 1.80. The van der Waals surface area contributed by atoms with Crippen molar-refractivity contribution in [2.75, 3.05) is 11.9 Å². The quantitative estimate of drug-likeness (QED) is 0.825. The molecule has 1 amide bonds. The second-order valence-corrected chi connectivity index (χ2v) is 4.12. The summed E-state index contributed by atoms with van der Waals surface area (Å²) in [6, 6.07) is 1.77. The Morgan fingerprint density at radius 3 is 2.94 bits per heavy atom. The summed E-state index contributed by atoms with van der Waals surface area (Å²) in [5, 5.41) is 2.93. The van der Waals surface area contributed by atoms with Gasteiger partial charge in [-0.3, -0.25) is 4.79 Å². The molecule has 0 aromatic carbocycles. The zero-order chi connectivity index (χ0) is 12.1. The highest BCUT2D eigenvalue weighted by molar-refractivity contribution is 6.32. The van der Waals surface area contributed by atoms with E-state index in [1.165, 1.54) is 0 Å². The van der Waals surface area contributed by atoms with Crippen molar-refractivity contribution >= 4 is 23.2 Å². The summed E-state index contributed by atoms with van der Waals surface area (Å²) in [5.41, 5.74) is 1.45. The van der Waals surface area contributed by atoms with Crippen LogP contribution in [0.4, 0.5) is 5.69 Å². The van der Waals surface area contributed by atoms with Gasteiger partial charge in [0.05, 0.1) is 11.8 Å². The summed E-state index contributed by atoms with van der Waals surface area (Å²) in [6.07, 6.45) is 1.67. The fourth-order valence-electron chi connectivity index (χ4n) is 1.07. The fourth-order valence-corrected chi connectivity index (χ4v) is 1.22. The van der Waals surface area contributed by atoms with Crippen molar-refractivity contribution in [3.8, 4) is 0 Å². The number of carbonyl (C=O) groups is 1. The van der Waals surface area contributed by atoms with Crippen molar-refractivity contribution in [2.45, 2.75) is 26.9 Å². The lowest BCUT2D eigenvalue weighted by Crippen LogP contribution is -2.21. The predicted octanol–water partition coefficient (Wildman–Crippen LogP) is 2.41. The molecule has 0 aliphatic carbocycles. The molecule has 0 bridgehead atoms. The highest BCUT2D eigenvalue weighted by Gasteiger charge is 2.07. The first kappa shape index (κ1) is 12.9. The molecule has 1 N–H and O–H groups in total. The van der Waals surface area contributed by atoms with Crippen molar-refractivity contribution in [3.05, 3.63) is 23.0 Å². The zero-order valence-corrected chi connectivity index (χ0v) is 10.3. The third kappa shape index (κ3) is 4.16. The minimum Gasteiger partial charge on any atom is -0.369 e. The first-order valence-corrected chi connectivity index (χ1v) is 5.40. The number of amides is 1. The van der Waals surface area contributed by atoms with Crippen LogP contribution in [0.25, 0.3) is 0 Å². The van der Waals surface area contributed by atoms with Crippen LogP contribution in [0.5, 0.6) is 0 Å². The Hall–Kier alpha value is -1.13. The van der Waals surface area contributed by atoms with Crippen LogP contribution in [0, 0.1) is 6.92 Å². The number of hydrogen-bond acceptors (Lipinski definition) is 3. The monoisotopic (exact) mass is 242 g/mol. The molecule has 5 heteroatoms. The van der Waals surface area contributed by atoms with Gasteiger partial charge < -0.3 is 10.1 Å². The lowest BCUT2D eigenvalue weighted by atomic mass is 10.3. The van der Waals surface area contributed by atoms with E-state index in [0.29, 0.717) is 5.69 Å². The molecule has 0 fully saturated rings. The van der Waals surface area contributed by atoms with E-state index < -0.39 is 0 Å². The van der Waals surface area contributed by atoms with Gasteiger partial charge in [0.2, 0.25) is 5.91 Å². The Labute approximate surface area is 100.0 Å². The maximum Gasteiger partial charge on any atom is 0.250 e. The Morgan fingerprint density at radius 2 is 2.31 bits per heavy atom. The van der Waals surface area contributed by atoms with Crippen LogP contribution in [0.2, 0.25) is 5.15 Å². The van der Waals surface area contributed by atoms with Crippen LogP contribution < -0.4 is 5.32 Å². The van der Waals surface area contributed by atoms with Crippen LogP contribution in [0.1, 0.15) is 19.4 Å². The predicted molar refractivity (Wildman–Crippen MR) is 63.7 cm³/mol. The van der Waals surface area contributed by atoms with Crippen LogP contribution in [0.15, 0.2) is 12.3 Å². The molecule has 0 aliphatic heterocycles. The number of nitrogens with one attached hydrogen (secondary N) is 1. The van der Waals surface area contributed by atoms with Gasteiger partial charge in [-0.15, -0.1) is 0 Å². The van der Waals surface area contributed by atoms with Gasteiger partial charge >= 0.3 is 0 Å². The van der Waals surface area contributed by atoms with E-state index in [9.17, 15) is 4.79 Å². The maximum absolute atomic E-state index is 11.5. The number of hydrogen-bond donors (Lipinski definition) is 1. The van der Waals surface area contributed by atoms with E-state index in [1.54, 1.807) is 12.3 Å².